The molecule has 6 rings (SSSR count). The number of carbonyl (C=O) groups is 2. The Labute approximate surface area is 405 Å². The second-order valence-corrected chi connectivity index (χ2v) is 16.2. The molecule has 2 amide bonds. The molecule has 69 heavy (non-hydrogen) atoms. The van der Waals surface area contributed by atoms with Crippen molar-refractivity contribution in [3.63, 3.8) is 0 Å². The number of aryl methyl sites for hydroxylation is 2. The summed E-state index contributed by atoms with van der Waals surface area (Å²) in [4.78, 5) is 27.4. The van der Waals surface area contributed by atoms with Gasteiger partial charge in [-0.2, -0.15) is 0 Å². The topological polar surface area (TPSA) is 179 Å². The van der Waals surface area contributed by atoms with Gasteiger partial charge in [-0.3, -0.25) is 9.59 Å². The molecule has 3 aromatic carbocycles. The van der Waals surface area contributed by atoms with Gasteiger partial charge in [0.25, 0.3) is 0 Å². The number of benzene rings is 3. The van der Waals surface area contributed by atoms with Gasteiger partial charge in [0.15, 0.2) is 34.9 Å². The van der Waals surface area contributed by atoms with Gasteiger partial charge in [0.05, 0.1) is 58.1 Å². The maximum Gasteiger partial charge on any atom is 0.222 e. The van der Waals surface area contributed by atoms with E-state index in [4.69, 9.17) is 43.1 Å². The SMILES string of the molecule is CC(=O)Nc1cc(C#Cc2ccc(C[n+]3cc(CCCCCCNCc4ccc5c(c4)OCCOCCOCCOc4ccccc4OCCOCCOCCO5)n(C)n3)cc2)cc(NC(C)=O)n1. The highest BCUT2D eigenvalue weighted by Gasteiger charge is 2.14. The number of hydrogen-bond acceptors (Lipinski definition) is 13. The van der Waals surface area contributed by atoms with Crippen molar-refractivity contribution in [1.82, 2.24) is 20.2 Å². The normalized spacial score (nSPS) is 14.4. The molecule has 1 aliphatic heterocycles. The Kier molecular flexibility index (Phi) is 22.1. The van der Waals surface area contributed by atoms with Crippen LogP contribution in [0.4, 0.5) is 11.6 Å². The second kappa shape index (κ2) is 29.4. The summed E-state index contributed by atoms with van der Waals surface area (Å²) < 4.78 is 50.8. The first-order valence-electron chi connectivity index (χ1n) is 23.6. The Bertz CT molecular complexity index is 2380. The van der Waals surface area contributed by atoms with Crippen molar-refractivity contribution in [2.45, 2.75) is 59.0 Å². The third kappa shape index (κ3) is 19.5. The molecule has 0 atom stereocenters. The predicted molar refractivity (Wildman–Crippen MR) is 260 cm³/mol. The first kappa shape index (κ1) is 51.8. The number of anilines is 2. The standard InChI is InChI=1S/C52H65N7O10/c1-40(60)54-51-35-44(36-52(56-51)55-41(2)61)18-15-42-13-16-43(17-14-42)38-59-39-46(58(3)57-59)10-6-4-5-9-21-53-37-45-19-20-49-50(34-45)69-33-29-65-25-24-63-27-31-67-48-12-8-7-11-47(48)66-30-26-62-22-23-64-28-32-68-49/h7-8,11-14,16-17,19-20,34-36,39,53H,4-6,9-10,21-33,37-38H2,1-3H3,(H-,54,55,56,60,61)/p+1. The molecule has 0 saturated carbocycles. The average Bonchev–Trinajstić information content (AvgIpc) is 3.68. The molecule has 17 heteroatoms. The van der Waals surface area contributed by atoms with Gasteiger partial charge in [-0.15, -0.1) is 9.36 Å². The van der Waals surface area contributed by atoms with Crippen LogP contribution in [0.15, 0.2) is 85.1 Å². The molecular weight excluding hydrogens is 883 g/mol. The number of unbranched alkanes of at least 4 members (excludes halogenated alkanes) is 3. The highest BCUT2D eigenvalue weighted by Crippen LogP contribution is 2.29. The fourth-order valence-corrected chi connectivity index (χ4v) is 7.14. The molecule has 368 valence electrons. The van der Waals surface area contributed by atoms with Gasteiger partial charge in [0.2, 0.25) is 11.8 Å². The molecule has 17 nitrogen and oxygen atoms in total. The smallest absolute Gasteiger partial charge is 0.222 e. The molecule has 0 unspecified atom stereocenters. The minimum Gasteiger partial charge on any atom is -0.487 e. The number of aromatic nitrogens is 4. The summed E-state index contributed by atoms with van der Waals surface area (Å²) in [6.07, 6.45) is 7.50. The predicted octanol–water partition coefficient (Wildman–Crippen LogP) is 5.66. The molecule has 3 heterocycles. The van der Waals surface area contributed by atoms with E-state index in [2.05, 4.69) is 45.0 Å². The maximum atomic E-state index is 11.6. The van der Waals surface area contributed by atoms with Gasteiger partial charge in [-0.1, -0.05) is 55.0 Å². The zero-order chi connectivity index (χ0) is 48.3. The van der Waals surface area contributed by atoms with E-state index in [-0.39, 0.29) is 11.8 Å². The Hall–Kier alpha value is -6.55. The molecule has 5 aromatic rings. The molecule has 0 radical (unpaired) electrons. The van der Waals surface area contributed by atoms with Gasteiger partial charge in [0, 0.05) is 37.9 Å². The van der Waals surface area contributed by atoms with Crippen molar-refractivity contribution in [3.8, 4) is 34.8 Å². The first-order valence-corrected chi connectivity index (χ1v) is 23.6. The van der Waals surface area contributed by atoms with Crippen LogP contribution in [0, 0.1) is 11.8 Å². The minimum absolute atomic E-state index is 0.264. The molecule has 0 bridgehead atoms. The summed E-state index contributed by atoms with van der Waals surface area (Å²) in [5, 5.41) is 13.6. The molecular formula is C52H66N7O10+. The van der Waals surface area contributed by atoms with E-state index in [1.165, 1.54) is 19.5 Å². The number of ether oxygens (including phenoxy) is 8. The zero-order valence-corrected chi connectivity index (χ0v) is 40.1. The van der Waals surface area contributed by atoms with Crippen LogP contribution in [-0.4, -0.2) is 113 Å². The fraction of sp³-hybridized carbons (Fsp3) is 0.442. The number of nitrogens with zero attached hydrogens (tertiary/aromatic N) is 4. The van der Waals surface area contributed by atoms with Crippen LogP contribution >= 0.6 is 0 Å². The van der Waals surface area contributed by atoms with Crippen molar-refractivity contribution < 1.29 is 52.2 Å². The number of pyridine rings is 1. The molecule has 0 aliphatic carbocycles. The second-order valence-electron chi connectivity index (χ2n) is 16.2. The van der Waals surface area contributed by atoms with Crippen LogP contribution in [0.25, 0.3) is 0 Å². The van der Waals surface area contributed by atoms with Crippen LogP contribution in [0.3, 0.4) is 0 Å². The molecule has 0 saturated heterocycles. The lowest BCUT2D eigenvalue weighted by Gasteiger charge is -2.15. The Morgan fingerprint density at radius 2 is 1.10 bits per heavy atom. The van der Waals surface area contributed by atoms with Gasteiger partial charge in [0.1, 0.15) is 51.7 Å². The summed E-state index contributed by atoms with van der Waals surface area (Å²) in [7, 11) is 1.99. The summed E-state index contributed by atoms with van der Waals surface area (Å²) >= 11 is 0. The molecule has 0 spiro atoms. The van der Waals surface area contributed by atoms with Crippen molar-refractivity contribution in [2.75, 3.05) is 96.5 Å². The number of amides is 2. The van der Waals surface area contributed by atoms with Crippen molar-refractivity contribution in [1.29, 1.82) is 0 Å². The van der Waals surface area contributed by atoms with Gasteiger partial charge < -0.3 is 53.8 Å². The fourth-order valence-electron chi connectivity index (χ4n) is 7.14. The van der Waals surface area contributed by atoms with Gasteiger partial charge in [-0.05, 0) is 79.0 Å². The largest absolute Gasteiger partial charge is 0.487 e. The van der Waals surface area contributed by atoms with E-state index >= 15 is 0 Å². The van der Waals surface area contributed by atoms with Crippen molar-refractivity contribution >= 4 is 23.5 Å². The molecule has 0 fully saturated rings. The number of para-hydroxylation sites is 2. The number of fused-ring (bicyclic) bond motifs is 2. The number of hydrogen-bond donors (Lipinski definition) is 3. The van der Waals surface area contributed by atoms with E-state index in [1.807, 2.05) is 77.1 Å². The minimum atomic E-state index is -0.264. The average molecular weight is 949 g/mol. The van der Waals surface area contributed by atoms with E-state index < -0.39 is 0 Å². The third-order valence-electron chi connectivity index (χ3n) is 10.5. The highest BCUT2D eigenvalue weighted by atomic mass is 16.6. The number of rotatable bonds is 13. The molecule has 2 aromatic heterocycles. The van der Waals surface area contributed by atoms with Crippen LogP contribution in [0.2, 0.25) is 0 Å². The van der Waals surface area contributed by atoms with E-state index in [9.17, 15) is 9.59 Å². The van der Waals surface area contributed by atoms with Crippen LogP contribution in [0.1, 0.15) is 67.5 Å². The highest BCUT2D eigenvalue weighted by molar-refractivity contribution is 5.90. The van der Waals surface area contributed by atoms with Gasteiger partial charge >= 0.3 is 0 Å². The summed E-state index contributed by atoms with van der Waals surface area (Å²) in [5.74, 6) is 9.03. The maximum absolute atomic E-state index is 11.6. The summed E-state index contributed by atoms with van der Waals surface area (Å²) in [6.45, 7) is 10.1. The van der Waals surface area contributed by atoms with Crippen LogP contribution in [0.5, 0.6) is 23.0 Å². The summed E-state index contributed by atoms with van der Waals surface area (Å²) in [5.41, 5.74) is 4.85. The molecule has 1 aliphatic rings. The monoisotopic (exact) mass is 948 g/mol. The third-order valence-corrected chi connectivity index (χ3v) is 10.5. The lowest BCUT2D eigenvalue weighted by Crippen LogP contribution is -2.36. The van der Waals surface area contributed by atoms with Crippen molar-refractivity contribution in [2.24, 2.45) is 7.05 Å². The Morgan fingerprint density at radius 3 is 1.68 bits per heavy atom. The quantitative estimate of drug-likeness (QED) is 0.0750. The van der Waals surface area contributed by atoms with Crippen LogP contribution in [-0.2, 0) is 55.1 Å². The zero-order valence-electron chi connectivity index (χ0n) is 40.1. The van der Waals surface area contributed by atoms with Gasteiger partial charge in [-0.25, -0.2) is 4.98 Å². The van der Waals surface area contributed by atoms with Crippen molar-refractivity contribution in [3.05, 3.63) is 113 Å². The van der Waals surface area contributed by atoms with E-state index in [1.54, 1.807) is 12.1 Å². The van der Waals surface area contributed by atoms with E-state index in [0.717, 1.165) is 55.3 Å². The number of nitrogens with one attached hydrogen (secondary N) is 3. The lowest BCUT2D eigenvalue weighted by atomic mass is 10.1. The number of carbonyl (C=O) groups excluding carboxylic acids is 2. The Balaban J connectivity index is 0.879. The molecule has 3 N–H and O–H groups in total. The van der Waals surface area contributed by atoms with E-state index in [0.29, 0.717) is 133 Å². The lowest BCUT2D eigenvalue weighted by molar-refractivity contribution is -0.747. The summed E-state index contributed by atoms with van der Waals surface area (Å²) in [6, 6.07) is 25.0. The first-order chi connectivity index (χ1) is 33.8. The van der Waals surface area contributed by atoms with Crippen LogP contribution < -0.4 is 39.6 Å². The Morgan fingerprint density at radius 1 is 0.594 bits per heavy atom.